The molecule has 4 aliphatic rings. The zero-order valence-corrected chi connectivity index (χ0v) is 26.6. The van der Waals surface area contributed by atoms with E-state index in [1.807, 2.05) is 63.3 Å². The summed E-state index contributed by atoms with van der Waals surface area (Å²) in [4.78, 5) is 58.9. The molecule has 2 N–H and O–H groups in total. The molecule has 0 aromatic heterocycles. The largest absolute Gasteiger partial charge is 0.455 e. The molecule has 7 atom stereocenters. The predicted octanol–water partition coefficient (Wildman–Crippen LogP) is 3.01. The Morgan fingerprint density at radius 2 is 1.79 bits per heavy atom. The molecule has 1 aromatic rings. The number of cyclic esters (lactones) is 1. The number of hydrogen-bond donors (Lipinski definition) is 2. The summed E-state index contributed by atoms with van der Waals surface area (Å²) in [6.07, 6.45) is 4.84. The number of aliphatic hydroxyl groups is 1. The summed E-state index contributed by atoms with van der Waals surface area (Å²) < 4.78 is 13.3. The third-order valence-electron chi connectivity index (χ3n) is 8.77. The number of fused-ring (bicyclic) bond motifs is 2. The third kappa shape index (κ3) is 5.67. The summed E-state index contributed by atoms with van der Waals surface area (Å²) in [6.45, 7) is 7.78. The van der Waals surface area contributed by atoms with E-state index < -0.39 is 53.2 Å². The van der Waals surface area contributed by atoms with Crippen LogP contribution in [0.4, 0.5) is 0 Å². The normalized spacial score (nSPS) is 34.1. The Labute approximate surface area is 260 Å². The van der Waals surface area contributed by atoms with Gasteiger partial charge in [0.2, 0.25) is 17.7 Å². The molecule has 5 bridgehead atoms. The number of nitrogens with zero attached hydrogens (tertiary/aromatic N) is 2. The number of amides is 3. The first kappa shape index (κ1) is 31.4. The van der Waals surface area contributed by atoms with Crippen LogP contribution in [-0.2, 0) is 28.7 Å². The second kappa shape index (κ2) is 12.2. The Hall–Kier alpha value is -3.02. The van der Waals surface area contributed by atoms with E-state index >= 15 is 0 Å². The van der Waals surface area contributed by atoms with Gasteiger partial charge < -0.3 is 29.7 Å². The molecule has 3 amide bonds. The van der Waals surface area contributed by atoms with Crippen molar-refractivity contribution in [3.63, 3.8) is 0 Å². The van der Waals surface area contributed by atoms with Crippen molar-refractivity contribution in [3.05, 3.63) is 58.6 Å². The SMILES string of the molecule is C[C@@H]1NC(=O)CC/C=C\CN(C(C)(C)C)C(=O)[C@H]2N(CCCO)C(=O)[C@@H]3[C@@H](C(=O)O[C@H]1c1ccccc1)[C@@H]1O[C@@]32C=C1Br. The Kier molecular flexibility index (Phi) is 8.89. The topological polar surface area (TPSA) is 125 Å². The summed E-state index contributed by atoms with van der Waals surface area (Å²) in [7, 11) is 0. The number of halogens is 1. The van der Waals surface area contributed by atoms with Gasteiger partial charge in [-0.1, -0.05) is 58.4 Å². The molecule has 4 heterocycles. The first-order valence-electron chi connectivity index (χ1n) is 14.9. The molecule has 43 heavy (non-hydrogen) atoms. The Morgan fingerprint density at radius 1 is 1.07 bits per heavy atom. The lowest BCUT2D eigenvalue weighted by Crippen LogP contribution is -2.59. The van der Waals surface area contributed by atoms with Crippen LogP contribution in [0.3, 0.4) is 0 Å². The molecule has 1 aromatic carbocycles. The fourth-order valence-corrected chi connectivity index (χ4v) is 7.54. The summed E-state index contributed by atoms with van der Waals surface area (Å²) in [5.41, 5.74) is -1.30. The molecule has 10 nitrogen and oxygen atoms in total. The standard InChI is InChI=1S/C32H40BrN3O7/c1-19-25(20-12-7-5-8-13-20)42-30(41)23-24-28(39)35(15-11-17-37)27(32(24)18-21(33)26(23)43-32)29(40)36(31(2,3)4)16-10-6-9-14-22(38)34-19/h5-8,10,12-13,18-19,23-27,37H,9,11,14-17H2,1-4H3,(H,34,38)/b10-6-/t19-,23+,24-,25+,26+,27+,32-/m0/s1. The van der Waals surface area contributed by atoms with Crippen LogP contribution in [0, 0.1) is 11.8 Å². The average Bonchev–Trinajstić information content (AvgIpc) is 3.54. The molecule has 4 aliphatic heterocycles. The summed E-state index contributed by atoms with van der Waals surface area (Å²) in [5.74, 6) is -3.53. The van der Waals surface area contributed by atoms with E-state index in [2.05, 4.69) is 21.2 Å². The summed E-state index contributed by atoms with van der Waals surface area (Å²) in [6, 6.07) is 7.57. The molecular formula is C32H40BrN3O7. The van der Waals surface area contributed by atoms with Crippen LogP contribution in [0.25, 0.3) is 0 Å². The molecule has 232 valence electrons. The second-order valence-electron chi connectivity index (χ2n) is 12.7. The van der Waals surface area contributed by atoms with Gasteiger partial charge in [0.15, 0.2) is 0 Å². The van der Waals surface area contributed by atoms with Crippen molar-refractivity contribution < 1.29 is 33.8 Å². The zero-order valence-electron chi connectivity index (χ0n) is 25.0. The van der Waals surface area contributed by atoms with Gasteiger partial charge in [0.05, 0.1) is 12.0 Å². The lowest BCUT2D eigenvalue weighted by molar-refractivity contribution is -0.161. The lowest BCUT2D eigenvalue weighted by atomic mass is 9.74. The minimum Gasteiger partial charge on any atom is -0.455 e. The van der Waals surface area contributed by atoms with Crippen molar-refractivity contribution in [1.82, 2.24) is 15.1 Å². The van der Waals surface area contributed by atoms with E-state index in [0.717, 1.165) is 0 Å². The monoisotopic (exact) mass is 657 g/mol. The van der Waals surface area contributed by atoms with Crippen molar-refractivity contribution >= 4 is 39.6 Å². The van der Waals surface area contributed by atoms with Gasteiger partial charge in [-0.15, -0.1) is 0 Å². The highest BCUT2D eigenvalue weighted by Gasteiger charge is 2.75. The van der Waals surface area contributed by atoms with Crippen molar-refractivity contribution in [1.29, 1.82) is 0 Å². The molecule has 0 unspecified atom stereocenters. The maximum Gasteiger partial charge on any atom is 0.313 e. The number of esters is 1. The van der Waals surface area contributed by atoms with Gasteiger partial charge in [-0.2, -0.15) is 0 Å². The van der Waals surface area contributed by atoms with Gasteiger partial charge in [0.25, 0.3) is 0 Å². The molecular weight excluding hydrogens is 618 g/mol. The number of likely N-dealkylation sites (tertiary alicyclic amines) is 1. The Morgan fingerprint density at radius 3 is 2.47 bits per heavy atom. The minimum absolute atomic E-state index is 0.134. The number of allylic oxidation sites excluding steroid dienone is 1. The van der Waals surface area contributed by atoms with Crippen LogP contribution in [0.1, 0.15) is 58.6 Å². The molecule has 1 spiro atoms. The third-order valence-corrected chi connectivity index (χ3v) is 9.45. The fraction of sp³-hybridized carbons (Fsp3) is 0.562. The van der Waals surface area contributed by atoms with E-state index in [1.165, 1.54) is 4.90 Å². The van der Waals surface area contributed by atoms with Crippen molar-refractivity contribution in [2.75, 3.05) is 19.7 Å². The van der Waals surface area contributed by atoms with E-state index in [-0.39, 0.29) is 50.3 Å². The van der Waals surface area contributed by atoms with Crippen LogP contribution in [0.2, 0.25) is 0 Å². The predicted molar refractivity (Wildman–Crippen MR) is 162 cm³/mol. The van der Waals surface area contributed by atoms with E-state index in [0.29, 0.717) is 16.5 Å². The molecule has 0 radical (unpaired) electrons. The number of carbonyl (C=O) groups excluding carboxylic acids is 4. The highest BCUT2D eigenvalue weighted by Crippen LogP contribution is 2.59. The Balaban J connectivity index is 1.62. The van der Waals surface area contributed by atoms with E-state index in [9.17, 15) is 24.3 Å². The Bertz CT molecular complexity index is 1330. The van der Waals surface area contributed by atoms with Crippen LogP contribution in [-0.4, -0.2) is 87.6 Å². The second-order valence-corrected chi connectivity index (χ2v) is 13.6. The molecule has 0 aliphatic carbocycles. The smallest absolute Gasteiger partial charge is 0.313 e. The lowest BCUT2D eigenvalue weighted by Gasteiger charge is -2.41. The highest BCUT2D eigenvalue weighted by atomic mass is 79.9. The van der Waals surface area contributed by atoms with Gasteiger partial charge in [-0.3, -0.25) is 19.2 Å². The number of carbonyl (C=O) groups is 4. The minimum atomic E-state index is -1.39. The number of hydrogen-bond acceptors (Lipinski definition) is 7. The van der Waals surface area contributed by atoms with Crippen LogP contribution in [0.15, 0.2) is 53.0 Å². The molecule has 11 heteroatoms. The van der Waals surface area contributed by atoms with E-state index in [4.69, 9.17) is 9.47 Å². The van der Waals surface area contributed by atoms with Crippen LogP contribution in [0.5, 0.6) is 0 Å². The quantitative estimate of drug-likeness (QED) is 0.377. The van der Waals surface area contributed by atoms with Gasteiger partial charge in [0, 0.05) is 36.1 Å². The van der Waals surface area contributed by atoms with Crippen LogP contribution >= 0.6 is 15.9 Å². The molecule has 0 saturated carbocycles. The summed E-state index contributed by atoms with van der Waals surface area (Å²) in [5, 5.41) is 12.6. The van der Waals surface area contributed by atoms with E-state index in [1.54, 1.807) is 17.9 Å². The first-order valence-corrected chi connectivity index (χ1v) is 15.7. The maximum atomic E-state index is 14.5. The number of aliphatic hydroxyl groups excluding tert-OH is 1. The first-order chi connectivity index (χ1) is 20.4. The molecule has 2 fully saturated rings. The number of nitrogens with one attached hydrogen (secondary N) is 1. The van der Waals surface area contributed by atoms with Crippen molar-refractivity contribution in [2.24, 2.45) is 11.8 Å². The fourth-order valence-electron chi connectivity index (χ4n) is 6.81. The number of benzene rings is 1. The molecule has 2 saturated heterocycles. The van der Waals surface area contributed by atoms with Gasteiger partial charge in [0.1, 0.15) is 29.8 Å². The molecule has 5 rings (SSSR count). The summed E-state index contributed by atoms with van der Waals surface area (Å²) >= 11 is 3.57. The van der Waals surface area contributed by atoms with Crippen molar-refractivity contribution in [2.45, 2.75) is 82.4 Å². The van der Waals surface area contributed by atoms with Crippen LogP contribution < -0.4 is 5.32 Å². The average molecular weight is 659 g/mol. The number of ether oxygens (including phenoxy) is 2. The van der Waals surface area contributed by atoms with Gasteiger partial charge in [-0.25, -0.2) is 0 Å². The maximum absolute atomic E-state index is 14.5. The number of rotatable bonds is 4. The van der Waals surface area contributed by atoms with Gasteiger partial charge >= 0.3 is 5.97 Å². The zero-order chi connectivity index (χ0) is 31.1. The van der Waals surface area contributed by atoms with Crippen molar-refractivity contribution in [3.8, 4) is 0 Å². The highest BCUT2D eigenvalue weighted by molar-refractivity contribution is 9.11. The van der Waals surface area contributed by atoms with Gasteiger partial charge in [-0.05, 0) is 52.2 Å².